The lowest BCUT2D eigenvalue weighted by Crippen LogP contribution is -2.15. The summed E-state index contributed by atoms with van der Waals surface area (Å²) in [4.78, 5) is 14.8. The number of nitrogens with zero attached hydrogens (tertiary/aromatic N) is 3. The highest BCUT2D eigenvalue weighted by atomic mass is 16.1. The van der Waals surface area contributed by atoms with Gasteiger partial charge in [-0.3, -0.25) is 4.79 Å². The second kappa shape index (κ2) is 3.15. The van der Waals surface area contributed by atoms with Gasteiger partial charge in [-0.25, -0.2) is 9.50 Å². The SMILES string of the molecule is CC(C)(C)c1ccc2ncc(C=O)n2n1. The van der Waals surface area contributed by atoms with Gasteiger partial charge in [0.25, 0.3) is 0 Å². The molecule has 15 heavy (non-hydrogen) atoms. The van der Waals surface area contributed by atoms with E-state index in [-0.39, 0.29) is 5.41 Å². The van der Waals surface area contributed by atoms with Gasteiger partial charge in [-0.05, 0) is 12.1 Å². The molecule has 4 nitrogen and oxygen atoms in total. The van der Waals surface area contributed by atoms with Crippen LogP contribution in [-0.2, 0) is 5.41 Å². The molecule has 4 heteroatoms. The predicted molar refractivity (Wildman–Crippen MR) is 57.1 cm³/mol. The van der Waals surface area contributed by atoms with Crippen molar-refractivity contribution in [3.05, 3.63) is 29.7 Å². The van der Waals surface area contributed by atoms with Gasteiger partial charge in [0.05, 0.1) is 11.9 Å². The van der Waals surface area contributed by atoms with Gasteiger partial charge in [-0.1, -0.05) is 20.8 Å². The Morgan fingerprint density at radius 1 is 1.33 bits per heavy atom. The largest absolute Gasteiger partial charge is 0.296 e. The monoisotopic (exact) mass is 203 g/mol. The second-order valence-corrected chi connectivity index (χ2v) is 4.54. The van der Waals surface area contributed by atoms with Crippen LogP contribution in [0.4, 0.5) is 0 Å². The van der Waals surface area contributed by atoms with Crippen molar-refractivity contribution in [2.75, 3.05) is 0 Å². The molecule has 0 aliphatic rings. The third-order valence-electron chi connectivity index (χ3n) is 2.28. The molecule has 0 amide bonds. The van der Waals surface area contributed by atoms with Gasteiger partial charge in [0.2, 0.25) is 0 Å². The fraction of sp³-hybridized carbons (Fsp3) is 0.364. The molecular weight excluding hydrogens is 190 g/mol. The Balaban J connectivity index is 2.68. The predicted octanol–water partition coefficient (Wildman–Crippen LogP) is 1.84. The van der Waals surface area contributed by atoms with E-state index in [0.29, 0.717) is 11.3 Å². The molecule has 0 unspecified atom stereocenters. The van der Waals surface area contributed by atoms with Gasteiger partial charge in [0, 0.05) is 5.41 Å². The third kappa shape index (κ3) is 1.63. The first-order chi connectivity index (χ1) is 7.02. The number of imidazole rings is 1. The number of hydrogen-bond acceptors (Lipinski definition) is 3. The van der Waals surface area contributed by atoms with Crippen LogP contribution in [0, 0.1) is 0 Å². The van der Waals surface area contributed by atoms with Gasteiger partial charge in [-0.15, -0.1) is 0 Å². The van der Waals surface area contributed by atoms with Crippen LogP contribution in [0.3, 0.4) is 0 Å². The lowest BCUT2D eigenvalue weighted by atomic mass is 9.92. The molecule has 0 spiro atoms. The van der Waals surface area contributed by atoms with E-state index in [2.05, 4.69) is 30.9 Å². The van der Waals surface area contributed by atoms with Crippen LogP contribution in [0.1, 0.15) is 37.0 Å². The van der Waals surface area contributed by atoms with Gasteiger partial charge in [0.15, 0.2) is 11.9 Å². The Kier molecular flexibility index (Phi) is 2.07. The van der Waals surface area contributed by atoms with Crippen molar-refractivity contribution in [1.82, 2.24) is 14.6 Å². The van der Waals surface area contributed by atoms with Crippen molar-refractivity contribution < 1.29 is 4.79 Å². The highest BCUT2D eigenvalue weighted by Gasteiger charge is 2.16. The maximum atomic E-state index is 10.7. The van der Waals surface area contributed by atoms with Crippen molar-refractivity contribution in [3.63, 3.8) is 0 Å². The molecular formula is C11H13N3O. The second-order valence-electron chi connectivity index (χ2n) is 4.54. The average molecular weight is 203 g/mol. The van der Waals surface area contributed by atoms with E-state index >= 15 is 0 Å². The number of aromatic nitrogens is 3. The first-order valence-electron chi connectivity index (χ1n) is 4.83. The standard InChI is InChI=1S/C11H13N3O/c1-11(2,3)9-4-5-10-12-6-8(7-15)14(10)13-9/h4-7H,1-3H3. The minimum absolute atomic E-state index is 0.0292. The summed E-state index contributed by atoms with van der Waals surface area (Å²) < 4.78 is 1.58. The van der Waals surface area contributed by atoms with E-state index in [1.807, 2.05) is 12.1 Å². The third-order valence-corrected chi connectivity index (χ3v) is 2.28. The molecule has 0 saturated carbocycles. The summed E-state index contributed by atoms with van der Waals surface area (Å²) in [7, 11) is 0. The molecule has 2 aromatic heterocycles. The molecule has 0 radical (unpaired) electrons. The topological polar surface area (TPSA) is 47.3 Å². The molecule has 2 aromatic rings. The zero-order valence-electron chi connectivity index (χ0n) is 9.06. The molecule has 0 fully saturated rings. The average Bonchev–Trinajstić information content (AvgIpc) is 2.57. The van der Waals surface area contributed by atoms with Crippen LogP contribution < -0.4 is 0 Å². The number of carbonyl (C=O) groups is 1. The fourth-order valence-corrected chi connectivity index (χ4v) is 1.37. The number of fused-ring (bicyclic) bond motifs is 1. The number of rotatable bonds is 1. The first kappa shape index (κ1) is 9.83. The van der Waals surface area contributed by atoms with Crippen LogP contribution in [0.15, 0.2) is 18.3 Å². The minimum atomic E-state index is -0.0292. The van der Waals surface area contributed by atoms with Crippen LogP contribution in [0.5, 0.6) is 0 Å². The molecule has 0 aliphatic carbocycles. The van der Waals surface area contributed by atoms with E-state index < -0.39 is 0 Å². The molecule has 2 rings (SSSR count). The summed E-state index contributed by atoms with van der Waals surface area (Å²) >= 11 is 0. The quantitative estimate of drug-likeness (QED) is 0.664. The zero-order chi connectivity index (χ0) is 11.1. The number of aldehydes is 1. The number of hydrogen-bond donors (Lipinski definition) is 0. The molecule has 78 valence electrons. The molecule has 2 heterocycles. The molecule has 0 aliphatic heterocycles. The molecule has 0 N–H and O–H groups in total. The molecule has 0 bridgehead atoms. The first-order valence-corrected chi connectivity index (χ1v) is 4.83. The zero-order valence-corrected chi connectivity index (χ0v) is 9.06. The Labute approximate surface area is 87.9 Å². The summed E-state index contributed by atoms with van der Waals surface area (Å²) in [5.74, 6) is 0. The normalized spacial score (nSPS) is 11.9. The fourth-order valence-electron chi connectivity index (χ4n) is 1.37. The van der Waals surface area contributed by atoms with E-state index in [0.717, 1.165) is 12.0 Å². The highest BCUT2D eigenvalue weighted by molar-refractivity contribution is 5.73. The van der Waals surface area contributed by atoms with Crippen molar-refractivity contribution in [1.29, 1.82) is 0 Å². The maximum absolute atomic E-state index is 10.7. The van der Waals surface area contributed by atoms with E-state index in [1.54, 1.807) is 4.52 Å². The van der Waals surface area contributed by atoms with Crippen molar-refractivity contribution >= 4 is 11.9 Å². The smallest absolute Gasteiger partial charge is 0.170 e. The van der Waals surface area contributed by atoms with E-state index in [4.69, 9.17) is 0 Å². The number of carbonyl (C=O) groups excluding carboxylic acids is 1. The minimum Gasteiger partial charge on any atom is -0.296 e. The van der Waals surface area contributed by atoms with Gasteiger partial charge < -0.3 is 0 Å². The Hall–Kier alpha value is -1.71. The summed E-state index contributed by atoms with van der Waals surface area (Å²) in [6.45, 7) is 6.25. The van der Waals surface area contributed by atoms with Crippen LogP contribution in [-0.4, -0.2) is 20.9 Å². The van der Waals surface area contributed by atoms with Crippen molar-refractivity contribution in [2.24, 2.45) is 0 Å². The van der Waals surface area contributed by atoms with Crippen LogP contribution in [0.25, 0.3) is 5.65 Å². The molecule has 0 saturated heterocycles. The van der Waals surface area contributed by atoms with Crippen molar-refractivity contribution in [3.8, 4) is 0 Å². The van der Waals surface area contributed by atoms with Gasteiger partial charge in [0.1, 0.15) is 5.69 Å². The Bertz CT molecular complexity index is 508. The summed E-state index contributed by atoms with van der Waals surface area (Å²) in [6, 6.07) is 3.82. The van der Waals surface area contributed by atoms with Crippen LogP contribution >= 0.6 is 0 Å². The molecule has 0 aromatic carbocycles. The lowest BCUT2D eigenvalue weighted by molar-refractivity contribution is 0.111. The van der Waals surface area contributed by atoms with Gasteiger partial charge >= 0.3 is 0 Å². The van der Waals surface area contributed by atoms with E-state index in [9.17, 15) is 4.79 Å². The summed E-state index contributed by atoms with van der Waals surface area (Å²) in [6.07, 6.45) is 2.29. The van der Waals surface area contributed by atoms with Gasteiger partial charge in [-0.2, -0.15) is 5.10 Å². The van der Waals surface area contributed by atoms with E-state index in [1.165, 1.54) is 6.20 Å². The molecule has 0 atom stereocenters. The summed E-state index contributed by atoms with van der Waals surface area (Å²) in [5, 5.41) is 4.40. The maximum Gasteiger partial charge on any atom is 0.170 e. The lowest BCUT2D eigenvalue weighted by Gasteiger charge is -2.17. The van der Waals surface area contributed by atoms with Crippen LogP contribution in [0.2, 0.25) is 0 Å². The summed E-state index contributed by atoms with van der Waals surface area (Å²) in [5.41, 5.74) is 2.09. The van der Waals surface area contributed by atoms with Crippen molar-refractivity contribution in [2.45, 2.75) is 26.2 Å². The Morgan fingerprint density at radius 3 is 2.67 bits per heavy atom. The Morgan fingerprint density at radius 2 is 2.07 bits per heavy atom. The highest BCUT2D eigenvalue weighted by Crippen LogP contribution is 2.19.